The highest BCUT2D eigenvalue weighted by molar-refractivity contribution is 5.87. The van der Waals surface area contributed by atoms with Crippen molar-refractivity contribution < 1.29 is 67.4 Å². The first kappa shape index (κ1) is 47.9. The SMILES string of the molecule is C=C1CC[C@H]2C(C)(C)CCC[C@]2(C)[C@H]1CO[C@H](C(=O)OC)[C@H](CC(=O)O)C(=O)O[C@]1(C)CCC[C@]2(C)[C@@H](CO[C@H](CC(=O)OC)[C@@H](CC(=O)OC)C(=O)O)C(=C)CC[C@@H]21. The number of hydrogen-bond donors (Lipinski definition) is 2. The number of carbonyl (C=O) groups is 6. The number of fused-ring (bicyclic) bond motifs is 2. The Balaban J connectivity index is 1.59. The lowest BCUT2D eigenvalue weighted by molar-refractivity contribution is -0.201. The molecule has 0 aliphatic heterocycles. The molecule has 0 radical (unpaired) electrons. The summed E-state index contributed by atoms with van der Waals surface area (Å²) in [6.45, 7) is 19.5. The Bertz CT molecular complexity index is 1620. The fourth-order valence-corrected chi connectivity index (χ4v) is 11.8. The minimum absolute atomic E-state index is 0.0359. The number of esters is 4. The van der Waals surface area contributed by atoms with Crippen LogP contribution < -0.4 is 0 Å². The lowest BCUT2D eigenvalue weighted by Crippen LogP contribution is -2.57. The van der Waals surface area contributed by atoms with Gasteiger partial charge in [-0.25, -0.2) is 4.79 Å². The first-order chi connectivity index (χ1) is 27.6. The van der Waals surface area contributed by atoms with Crippen molar-refractivity contribution in [2.24, 2.45) is 51.8 Å². The summed E-state index contributed by atoms with van der Waals surface area (Å²) in [5.74, 6) is -9.12. The zero-order valence-corrected chi connectivity index (χ0v) is 36.4. The van der Waals surface area contributed by atoms with Crippen molar-refractivity contribution in [3.05, 3.63) is 24.3 Å². The van der Waals surface area contributed by atoms with Crippen LogP contribution in [0.4, 0.5) is 0 Å². The molecule has 0 aromatic rings. The highest BCUT2D eigenvalue weighted by Gasteiger charge is 2.58. The van der Waals surface area contributed by atoms with Crippen LogP contribution in [0.1, 0.15) is 118 Å². The smallest absolute Gasteiger partial charge is 0.335 e. The summed E-state index contributed by atoms with van der Waals surface area (Å²) in [6, 6.07) is 0. The van der Waals surface area contributed by atoms with E-state index in [0.717, 1.165) is 50.4 Å². The fraction of sp³-hybridized carbons (Fsp3) is 0.778. The molecule has 0 spiro atoms. The summed E-state index contributed by atoms with van der Waals surface area (Å²) >= 11 is 0. The van der Waals surface area contributed by atoms with Crippen LogP contribution in [0.3, 0.4) is 0 Å². The first-order valence-electron chi connectivity index (χ1n) is 21.1. The van der Waals surface area contributed by atoms with Gasteiger partial charge in [-0.1, -0.05) is 58.4 Å². The molecule has 2 N–H and O–H groups in total. The number of carboxylic acid groups (broad SMARTS) is 2. The van der Waals surface area contributed by atoms with Crippen molar-refractivity contribution in [2.45, 2.75) is 136 Å². The highest BCUT2D eigenvalue weighted by atomic mass is 16.6. The van der Waals surface area contributed by atoms with Crippen LogP contribution in [0.25, 0.3) is 0 Å². The molecular formula is C45H68O14. The molecule has 0 saturated heterocycles. The molecule has 0 unspecified atom stereocenters. The van der Waals surface area contributed by atoms with Crippen molar-refractivity contribution in [3.8, 4) is 0 Å². The van der Waals surface area contributed by atoms with Gasteiger partial charge in [0.25, 0.3) is 0 Å². The van der Waals surface area contributed by atoms with Crippen molar-refractivity contribution in [3.63, 3.8) is 0 Å². The van der Waals surface area contributed by atoms with Gasteiger partial charge in [-0.15, -0.1) is 0 Å². The van der Waals surface area contributed by atoms with Crippen molar-refractivity contribution >= 4 is 35.8 Å². The highest BCUT2D eigenvalue weighted by Crippen LogP contribution is 2.61. The summed E-state index contributed by atoms with van der Waals surface area (Å²) in [6.07, 6.45) is 3.41. The summed E-state index contributed by atoms with van der Waals surface area (Å²) in [4.78, 5) is 77.2. The predicted octanol–water partition coefficient (Wildman–Crippen LogP) is 6.72. The molecule has 59 heavy (non-hydrogen) atoms. The Morgan fingerprint density at radius 2 is 1.19 bits per heavy atom. The number of hydrogen-bond acceptors (Lipinski definition) is 12. The summed E-state index contributed by atoms with van der Waals surface area (Å²) < 4.78 is 33.7. The third kappa shape index (κ3) is 10.4. The van der Waals surface area contributed by atoms with Crippen LogP contribution in [-0.4, -0.2) is 98.4 Å². The average molecular weight is 833 g/mol. The zero-order chi connectivity index (χ0) is 44.1. The first-order valence-corrected chi connectivity index (χ1v) is 21.1. The zero-order valence-electron chi connectivity index (χ0n) is 36.4. The monoisotopic (exact) mass is 832 g/mol. The molecule has 4 aliphatic carbocycles. The van der Waals surface area contributed by atoms with E-state index in [2.05, 4.69) is 33.9 Å². The Morgan fingerprint density at radius 3 is 1.73 bits per heavy atom. The molecule has 11 atom stereocenters. The van der Waals surface area contributed by atoms with Crippen molar-refractivity contribution in [1.82, 2.24) is 0 Å². The van der Waals surface area contributed by atoms with Gasteiger partial charge in [-0.3, -0.25) is 24.0 Å². The molecule has 4 rings (SSSR count). The van der Waals surface area contributed by atoms with Gasteiger partial charge in [0.05, 0.1) is 65.8 Å². The predicted molar refractivity (Wildman–Crippen MR) is 215 cm³/mol. The maximum atomic E-state index is 14.5. The van der Waals surface area contributed by atoms with Crippen molar-refractivity contribution in [2.75, 3.05) is 34.5 Å². The van der Waals surface area contributed by atoms with E-state index in [0.29, 0.717) is 38.0 Å². The topological polar surface area (TPSA) is 198 Å². The van der Waals surface area contributed by atoms with E-state index in [1.165, 1.54) is 14.2 Å². The molecule has 0 heterocycles. The second-order valence-electron chi connectivity index (χ2n) is 18.9. The number of aliphatic carboxylic acids is 2. The molecule has 14 nitrogen and oxygen atoms in total. The molecular weight excluding hydrogens is 764 g/mol. The molecule has 0 aromatic heterocycles. The van der Waals surface area contributed by atoms with Crippen LogP contribution in [0.5, 0.6) is 0 Å². The largest absolute Gasteiger partial charge is 0.481 e. The van der Waals surface area contributed by atoms with E-state index in [1.807, 2.05) is 13.8 Å². The van der Waals surface area contributed by atoms with Crippen LogP contribution in [0.2, 0.25) is 0 Å². The number of methoxy groups -OCH3 is 3. The van der Waals surface area contributed by atoms with Gasteiger partial charge in [-0.05, 0) is 86.9 Å². The number of carbonyl (C=O) groups excluding carboxylic acids is 4. The van der Waals surface area contributed by atoms with E-state index in [-0.39, 0.29) is 41.8 Å². The molecule has 332 valence electrons. The maximum absolute atomic E-state index is 14.5. The lowest BCUT2D eigenvalue weighted by atomic mass is 9.48. The number of ether oxygens (including phenoxy) is 6. The van der Waals surface area contributed by atoms with Gasteiger partial charge in [0.1, 0.15) is 11.5 Å². The van der Waals surface area contributed by atoms with Gasteiger partial charge >= 0.3 is 35.8 Å². The van der Waals surface area contributed by atoms with Gasteiger partial charge in [0.2, 0.25) is 0 Å². The Kier molecular flexibility index (Phi) is 15.7. The lowest BCUT2D eigenvalue weighted by Gasteiger charge is -2.58. The number of carboxylic acids is 2. The molecule has 0 bridgehead atoms. The van der Waals surface area contributed by atoms with Crippen LogP contribution in [0.15, 0.2) is 24.3 Å². The Hall–Kier alpha value is -3.78. The minimum atomic E-state index is -1.54. The normalized spacial score (nSPS) is 32.2. The van der Waals surface area contributed by atoms with Crippen LogP contribution in [-0.2, 0) is 57.2 Å². The Labute approximate surface area is 349 Å². The summed E-state index contributed by atoms with van der Waals surface area (Å²) in [7, 11) is 3.50. The molecule has 14 heteroatoms. The standard InChI is InChI=1S/C45H68O14/c1-26-13-15-33-42(3,4)17-11-18-43(33,5)31(26)25-58-38(41(53)56-10)29(21-35(46)47)40(52)59-45(7)20-12-19-44(6)30(27(2)14-16-34(44)45)24-57-32(23-37(49)55-9)28(39(50)51)22-36(48)54-8/h28-34,38H,1-2,11-25H2,3-10H3,(H,46,47)(H,50,51)/t28-,29+,30+,31+,32-,33+,34+,38+,43-,44-,45-/m1/s1. The maximum Gasteiger partial charge on any atom is 0.335 e. The fourth-order valence-electron chi connectivity index (χ4n) is 11.8. The molecule has 4 aliphatic rings. The van der Waals surface area contributed by atoms with E-state index in [1.54, 1.807) is 0 Å². The third-order valence-electron chi connectivity index (χ3n) is 15.0. The minimum Gasteiger partial charge on any atom is -0.481 e. The molecule has 0 aromatic carbocycles. The molecule has 0 amide bonds. The molecule has 4 saturated carbocycles. The molecule has 4 fully saturated rings. The Morgan fingerprint density at radius 1 is 0.661 bits per heavy atom. The van der Waals surface area contributed by atoms with Crippen LogP contribution >= 0.6 is 0 Å². The van der Waals surface area contributed by atoms with E-state index >= 15 is 0 Å². The van der Waals surface area contributed by atoms with Gasteiger partial charge in [0, 0.05) is 17.8 Å². The summed E-state index contributed by atoms with van der Waals surface area (Å²) in [5.41, 5.74) is 0.127. The third-order valence-corrected chi connectivity index (χ3v) is 15.0. The van der Waals surface area contributed by atoms with Gasteiger partial charge in [-0.2, -0.15) is 0 Å². The van der Waals surface area contributed by atoms with E-state index in [4.69, 9.17) is 28.4 Å². The quantitative estimate of drug-likeness (QED) is 0.0838. The van der Waals surface area contributed by atoms with Gasteiger partial charge in [0.15, 0.2) is 6.10 Å². The van der Waals surface area contributed by atoms with Crippen LogP contribution in [0, 0.1) is 51.8 Å². The second-order valence-corrected chi connectivity index (χ2v) is 18.9. The summed E-state index contributed by atoms with van der Waals surface area (Å²) in [5, 5.41) is 20.1. The van der Waals surface area contributed by atoms with Gasteiger partial charge < -0.3 is 38.6 Å². The average Bonchev–Trinajstić information content (AvgIpc) is 3.15. The number of rotatable bonds is 18. The van der Waals surface area contributed by atoms with E-state index < -0.39 is 90.1 Å². The van der Waals surface area contributed by atoms with E-state index in [9.17, 15) is 39.0 Å². The second kappa shape index (κ2) is 19.3. The van der Waals surface area contributed by atoms with Crippen molar-refractivity contribution in [1.29, 1.82) is 0 Å².